The van der Waals surface area contributed by atoms with Crippen LogP contribution in [0.2, 0.25) is 0 Å². The zero-order valence-corrected chi connectivity index (χ0v) is 8.43. The van der Waals surface area contributed by atoms with E-state index in [1.54, 1.807) is 0 Å². The number of nitrogens with two attached hydrogens (primary N) is 1. The van der Waals surface area contributed by atoms with E-state index in [0.29, 0.717) is 10.7 Å². The molecule has 0 unspecified atom stereocenters. The summed E-state index contributed by atoms with van der Waals surface area (Å²) < 4.78 is 59.1. The summed E-state index contributed by atoms with van der Waals surface area (Å²) in [4.78, 5) is 0. The van der Waals surface area contributed by atoms with Crippen LogP contribution in [0.25, 0.3) is 0 Å². The molecule has 0 aliphatic heterocycles. The van der Waals surface area contributed by atoms with Crippen LogP contribution < -0.4 is 5.14 Å². The van der Waals surface area contributed by atoms with Crippen molar-refractivity contribution in [2.24, 2.45) is 5.14 Å². The van der Waals surface area contributed by atoms with E-state index in [-0.39, 0.29) is 6.54 Å². The van der Waals surface area contributed by atoms with E-state index < -0.39 is 26.9 Å². The van der Waals surface area contributed by atoms with Crippen molar-refractivity contribution in [2.45, 2.75) is 24.7 Å². The number of sulfonamides is 1. The van der Waals surface area contributed by atoms with Gasteiger partial charge in [0.2, 0.25) is 0 Å². The summed E-state index contributed by atoms with van der Waals surface area (Å²) in [5.74, 6) is 0. The lowest BCUT2D eigenvalue weighted by Gasteiger charge is -2.00. The Labute approximate surface area is 83.7 Å². The molecule has 0 saturated carbocycles. The van der Waals surface area contributed by atoms with Crippen LogP contribution in [-0.2, 0) is 22.7 Å². The van der Waals surface area contributed by atoms with Crippen molar-refractivity contribution in [1.29, 1.82) is 0 Å². The Morgan fingerprint density at radius 1 is 1.53 bits per heavy atom. The first-order chi connectivity index (χ1) is 6.66. The fourth-order valence-corrected chi connectivity index (χ4v) is 1.73. The summed E-state index contributed by atoms with van der Waals surface area (Å²) >= 11 is 0. The summed E-state index contributed by atoms with van der Waals surface area (Å²) in [5, 5.41) is 7.19. The van der Waals surface area contributed by atoms with Gasteiger partial charge in [-0.2, -0.15) is 18.3 Å². The van der Waals surface area contributed by atoms with Gasteiger partial charge in [0.1, 0.15) is 0 Å². The summed E-state index contributed by atoms with van der Waals surface area (Å²) in [6.45, 7) is 1.45. The van der Waals surface area contributed by atoms with Gasteiger partial charge >= 0.3 is 6.18 Å². The van der Waals surface area contributed by atoms with Gasteiger partial charge in [-0.1, -0.05) is 0 Å². The number of aromatic nitrogens is 2. The van der Waals surface area contributed by atoms with Crippen molar-refractivity contribution in [1.82, 2.24) is 9.78 Å². The van der Waals surface area contributed by atoms with Crippen molar-refractivity contribution in [2.75, 3.05) is 0 Å². The molecule has 0 amide bonds. The largest absolute Gasteiger partial charge is 0.435 e. The number of hydrogen-bond acceptors (Lipinski definition) is 3. The lowest BCUT2D eigenvalue weighted by molar-refractivity contribution is -0.141. The summed E-state index contributed by atoms with van der Waals surface area (Å²) in [6.07, 6.45) is -4.68. The van der Waals surface area contributed by atoms with E-state index in [9.17, 15) is 21.6 Å². The molecule has 1 aromatic heterocycles. The maximum absolute atomic E-state index is 12.2. The van der Waals surface area contributed by atoms with Gasteiger partial charge in [-0.15, -0.1) is 0 Å². The molecular weight excluding hydrogens is 235 g/mol. The molecule has 1 aromatic rings. The molecule has 0 aliphatic carbocycles. The van der Waals surface area contributed by atoms with Crippen LogP contribution in [0.4, 0.5) is 13.2 Å². The minimum Gasteiger partial charge on any atom is -0.253 e. The molecule has 0 aromatic carbocycles. The van der Waals surface area contributed by atoms with Crippen molar-refractivity contribution in [3.8, 4) is 0 Å². The normalized spacial score (nSPS) is 13.1. The highest BCUT2D eigenvalue weighted by Gasteiger charge is 2.36. The predicted octanol–water partition coefficient (Wildman–Crippen LogP) is 0.569. The fourth-order valence-electron chi connectivity index (χ4n) is 0.994. The van der Waals surface area contributed by atoms with Gasteiger partial charge in [0.05, 0.1) is 0 Å². The van der Waals surface area contributed by atoms with Crippen molar-refractivity contribution >= 4 is 10.0 Å². The van der Waals surface area contributed by atoms with Crippen molar-refractivity contribution < 1.29 is 21.6 Å². The molecule has 1 heterocycles. The molecule has 15 heavy (non-hydrogen) atoms. The lowest BCUT2D eigenvalue weighted by atomic mass is 10.4. The van der Waals surface area contributed by atoms with Crippen LogP contribution in [-0.4, -0.2) is 18.2 Å². The first-order valence-corrected chi connectivity index (χ1v) is 5.38. The predicted molar refractivity (Wildman–Crippen MR) is 44.3 cm³/mol. The number of aryl methyl sites for hydroxylation is 1. The first-order valence-electron chi connectivity index (χ1n) is 3.84. The Hall–Kier alpha value is -1.09. The highest BCUT2D eigenvalue weighted by Crippen LogP contribution is 2.29. The molecule has 2 N–H and O–H groups in total. The lowest BCUT2D eigenvalue weighted by Crippen LogP contribution is -2.17. The van der Waals surface area contributed by atoms with Gasteiger partial charge < -0.3 is 0 Å². The molecule has 0 saturated heterocycles. The Morgan fingerprint density at radius 2 is 2.07 bits per heavy atom. The molecule has 86 valence electrons. The van der Waals surface area contributed by atoms with E-state index in [1.807, 2.05) is 0 Å². The first kappa shape index (κ1) is 12.0. The molecule has 0 aliphatic rings. The Morgan fingerprint density at radius 3 is 2.33 bits per heavy atom. The highest BCUT2D eigenvalue weighted by molar-refractivity contribution is 7.89. The zero-order valence-electron chi connectivity index (χ0n) is 7.61. The van der Waals surface area contributed by atoms with Crippen LogP contribution >= 0.6 is 0 Å². The van der Waals surface area contributed by atoms with Crippen molar-refractivity contribution in [3.63, 3.8) is 0 Å². The topological polar surface area (TPSA) is 78.0 Å². The third-order valence-electron chi connectivity index (χ3n) is 1.62. The fraction of sp³-hybridized carbons (Fsp3) is 0.500. The second-order valence-corrected chi connectivity index (χ2v) is 4.23. The quantitative estimate of drug-likeness (QED) is 0.824. The van der Waals surface area contributed by atoms with Crippen LogP contribution in [0.3, 0.4) is 0 Å². The smallest absolute Gasteiger partial charge is 0.253 e. The third-order valence-corrected chi connectivity index (χ3v) is 2.54. The third kappa shape index (κ3) is 2.48. The number of primary sulfonamides is 1. The Kier molecular flexibility index (Phi) is 2.79. The van der Waals surface area contributed by atoms with E-state index in [4.69, 9.17) is 5.14 Å². The zero-order chi connectivity index (χ0) is 11.9. The summed E-state index contributed by atoms with van der Waals surface area (Å²) in [6, 6.07) is 0.416. The Bertz CT molecular complexity index is 462. The van der Waals surface area contributed by atoms with E-state index in [1.165, 1.54) is 6.92 Å². The molecule has 0 atom stereocenters. The molecule has 0 spiro atoms. The van der Waals surface area contributed by atoms with Gasteiger partial charge in [-0.05, 0) is 6.92 Å². The molecule has 0 bridgehead atoms. The summed E-state index contributed by atoms with van der Waals surface area (Å²) in [5.41, 5.74) is -1.27. The number of rotatable bonds is 2. The van der Waals surface area contributed by atoms with Gasteiger partial charge in [0, 0.05) is 12.6 Å². The number of halogens is 3. The number of hydrogen-bond donors (Lipinski definition) is 1. The second kappa shape index (κ2) is 3.49. The van der Waals surface area contributed by atoms with Crippen molar-refractivity contribution in [3.05, 3.63) is 11.8 Å². The number of alkyl halides is 3. The van der Waals surface area contributed by atoms with Crippen LogP contribution in [0.15, 0.2) is 11.1 Å². The summed E-state index contributed by atoms with van der Waals surface area (Å²) in [7, 11) is -4.18. The highest BCUT2D eigenvalue weighted by atomic mass is 32.2. The molecule has 0 radical (unpaired) electrons. The monoisotopic (exact) mass is 243 g/mol. The van der Waals surface area contributed by atoms with Gasteiger partial charge in [-0.3, -0.25) is 4.68 Å². The van der Waals surface area contributed by atoms with Crippen LogP contribution in [0.1, 0.15) is 12.6 Å². The molecule has 0 fully saturated rings. The molecule has 9 heteroatoms. The minimum absolute atomic E-state index is 0.0121. The molecular formula is C6H8F3N3O2S. The average molecular weight is 243 g/mol. The van der Waals surface area contributed by atoms with E-state index >= 15 is 0 Å². The van der Waals surface area contributed by atoms with Crippen LogP contribution in [0, 0.1) is 0 Å². The number of nitrogens with zero attached hydrogens (tertiary/aromatic N) is 2. The van der Waals surface area contributed by atoms with Gasteiger partial charge in [0.15, 0.2) is 10.7 Å². The minimum atomic E-state index is -4.68. The molecule has 5 nitrogen and oxygen atoms in total. The average Bonchev–Trinajstić information content (AvgIpc) is 2.44. The van der Waals surface area contributed by atoms with Gasteiger partial charge in [0.25, 0.3) is 10.0 Å². The standard InChI is InChI=1S/C6H8F3N3O2S/c1-2-12-5(15(10,13)14)3-4(11-12)6(7,8)9/h3H,2H2,1H3,(H2,10,13,14). The Balaban J connectivity index is 3.37. The van der Waals surface area contributed by atoms with E-state index in [2.05, 4.69) is 5.10 Å². The maximum Gasteiger partial charge on any atom is 0.435 e. The molecule has 1 rings (SSSR count). The SMILES string of the molecule is CCn1nc(C(F)(F)F)cc1S(N)(=O)=O. The maximum atomic E-state index is 12.2. The second-order valence-electron chi connectivity index (χ2n) is 2.73. The van der Waals surface area contributed by atoms with E-state index in [0.717, 1.165) is 0 Å². The van der Waals surface area contributed by atoms with Gasteiger partial charge in [-0.25, -0.2) is 13.6 Å². The van der Waals surface area contributed by atoms with Crippen LogP contribution in [0.5, 0.6) is 0 Å².